The molecule has 0 radical (unpaired) electrons. The molecule has 1 aliphatic rings. The molecule has 20 heavy (non-hydrogen) atoms. The van der Waals surface area contributed by atoms with Crippen molar-refractivity contribution in [3.05, 3.63) is 46.8 Å². The summed E-state index contributed by atoms with van der Waals surface area (Å²) in [5, 5.41) is 3.09. The Morgan fingerprint density at radius 2 is 1.65 bits per heavy atom. The van der Waals surface area contributed by atoms with Crippen molar-refractivity contribution in [2.45, 2.75) is 44.6 Å². The molecule has 0 saturated carbocycles. The second kappa shape index (κ2) is 6.93. The molecule has 0 spiro atoms. The van der Waals surface area contributed by atoms with Crippen LogP contribution in [0.3, 0.4) is 0 Å². The molecule has 0 saturated heterocycles. The number of hydrogen-bond donors (Lipinski definition) is 1. The van der Waals surface area contributed by atoms with Gasteiger partial charge in [-0.3, -0.25) is 0 Å². The van der Waals surface area contributed by atoms with E-state index in [4.69, 9.17) is 0 Å². The van der Waals surface area contributed by atoms with Crippen LogP contribution >= 0.6 is 0 Å². The van der Waals surface area contributed by atoms with E-state index in [2.05, 4.69) is 11.4 Å². The average molecular weight is 283 g/mol. The van der Waals surface area contributed by atoms with Gasteiger partial charge in [0.05, 0.1) is 6.04 Å². The summed E-state index contributed by atoms with van der Waals surface area (Å²) < 4.78 is 39.8. The summed E-state index contributed by atoms with van der Waals surface area (Å²) in [6.45, 7) is 0. The third-order valence-corrected chi connectivity index (χ3v) is 3.83. The maximum absolute atomic E-state index is 13.4. The molecule has 0 heterocycles. The fourth-order valence-corrected chi connectivity index (χ4v) is 2.79. The van der Waals surface area contributed by atoms with E-state index in [9.17, 15) is 13.2 Å². The van der Waals surface area contributed by atoms with Crippen LogP contribution in [0.15, 0.2) is 23.8 Å². The molecule has 0 bridgehead atoms. The van der Waals surface area contributed by atoms with Gasteiger partial charge in [0.15, 0.2) is 17.5 Å². The molecule has 1 aromatic carbocycles. The number of benzene rings is 1. The van der Waals surface area contributed by atoms with Crippen LogP contribution < -0.4 is 5.32 Å². The molecule has 110 valence electrons. The topological polar surface area (TPSA) is 12.0 Å². The molecule has 0 aliphatic heterocycles. The van der Waals surface area contributed by atoms with E-state index < -0.39 is 17.5 Å². The minimum absolute atomic E-state index is 0.252. The van der Waals surface area contributed by atoms with Crippen molar-refractivity contribution in [3.8, 4) is 0 Å². The first-order valence-corrected chi connectivity index (χ1v) is 7.14. The first kappa shape index (κ1) is 15.1. The van der Waals surface area contributed by atoms with Crippen LogP contribution in [0.25, 0.3) is 0 Å². The minimum Gasteiger partial charge on any atom is -0.310 e. The Hall–Kier alpha value is -1.29. The Morgan fingerprint density at radius 3 is 2.30 bits per heavy atom. The van der Waals surface area contributed by atoms with Crippen molar-refractivity contribution in [2.75, 3.05) is 7.05 Å². The summed E-state index contributed by atoms with van der Waals surface area (Å²) in [6, 6.07) is 1.91. The Balaban J connectivity index is 2.31. The maximum atomic E-state index is 13.4. The van der Waals surface area contributed by atoms with Gasteiger partial charge in [0, 0.05) is 0 Å². The van der Waals surface area contributed by atoms with Crippen LogP contribution in [-0.2, 0) is 0 Å². The highest BCUT2D eigenvalue weighted by Gasteiger charge is 2.19. The van der Waals surface area contributed by atoms with Gasteiger partial charge in [-0.15, -0.1) is 0 Å². The van der Waals surface area contributed by atoms with Crippen molar-refractivity contribution in [1.82, 2.24) is 5.32 Å². The van der Waals surface area contributed by atoms with Crippen molar-refractivity contribution in [3.63, 3.8) is 0 Å². The highest BCUT2D eigenvalue weighted by molar-refractivity contribution is 5.30. The fourth-order valence-electron chi connectivity index (χ4n) is 2.79. The zero-order valence-corrected chi connectivity index (χ0v) is 11.7. The quantitative estimate of drug-likeness (QED) is 0.629. The molecule has 1 nitrogen and oxygen atoms in total. The van der Waals surface area contributed by atoms with Gasteiger partial charge >= 0.3 is 0 Å². The lowest BCUT2D eigenvalue weighted by molar-refractivity contribution is 0.442. The number of allylic oxidation sites excluding steroid dienone is 1. The Labute approximate surface area is 117 Å². The molecule has 1 unspecified atom stereocenters. The lowest BCUT2D eigenvalue weighted by Gasteiger charge is -2.22. The van der Waals surface area contributed by atoms with E-state index in [0.29, 0.717) is 5.56 Å². The van der Waals surface area contributed by atoms with Crippen LogP contribution in [-0.4, -0.2) is 7.05 Å². The highest BCUT2D eigenvalue weighted by atomic mass is 19.2. The molecule has 0 aromatic heterocycles. The van der Waals surface area contributed by atoms with Gasteiger partial charge in [-0.2, -0.15) is 0 Å². The molecule has 1 aromatic rings. The SMILES string of the molecule is CNC(/C1=C/CCCCCC1)c1cc(F)c(F)c(F)c1. The third kappa shape index (κ3) is 3.42. The van der Waals surface area contributed by atoms with Crippen molar-refractivity contribution in [1.29, 1.82) is 0 Å². The summed E-state index contributed by atoms with van der Waals surface area (Å²) in [7, 11) is 1.75. The zero-order valence-electron chi connectivity index (χ0n) is 11.7. The number of likely N-dealkylation sites (N-methyl/N-ethyl adjacent to an activating group) is 1. The largest absolute Gasteiger partial charge is 0.310 e. The summed E-state index contributed by atoms with van der Waals surface area (Å²) in [5.74, 6) is -3.67. The molecule has 4 heteroatoms. The minimum atomic E-state index is -1.41. The number of hydrogen-bond acceptors (Lipinski definition) is 1. The van der Waals surface area contributed by atoms with E-state index in [-0.39, 0.29) is 6.04 Å². The average Bonchev–Trinajstić information content (AvgIpc) is 2.38. The van der Waals surface area contributed by atoms with Gasteiger partial charge in [0.25, 0.3) is 0 Å². The van der Waals surface area contributed by atoms with Crippen molar-refractivity contribution < 1.29 is 13.2 Å². The molecule has 1 aliphatic carbocycles. The van der Waals surface area contributed by atoms with E-state index in [1.54, 1.807) is 7.05 Å². The van der Waals surface area contributed by atoms with Crippen molar-refractivity contribution >= 4 is 0 Å². The Morgan fingerprint density at radius 1 is 1.00 bits per heavy atom. The second-order valence-corrected chi connectivity index (χ2v) is 5.25. The van der Waals surface area contributed by atoms with E-state index in [1.807, 2.05) is 0 Å². The number of nitrogens with one attached hydrogen (secondary N) is 1. The maximum Gasteiger partial charge on any atom is 0.194 e. The van der Waals surface area contributed by atoms with Gasteiger partial charge in [-0.1, -0.05) is 24.5 Å². The van der Waals surface area contributed by atoms with Gasteiger partial charge in [-0.25, -0.2) is 13.2 Å². The van der Waals surface area contributed by atoms with E-state index in [1.165, 1.54) is 12.8 Å². The molecular weight excluding hydrogens is 263 g/mol. The number of halogens is 3. The lowest BCUT2D eigenvalue weighted by Crippen LogP contribution is -2.20. The van der Waals surface area contributed by atoms with Gasteiger partial charge in [-0.05, 0) is 50.4 Å². The Bertz CT molecular complexity index is 473. The predicted molar refractivity (Wildman–Crippen MR) is 73.9 cm³/mol. The highest BCUT2D eigenvalue weighted by Crippen LogP contribution is 2.30. The summed E-state index contributed by atoms with van der Waals surface area (Å²) >= 11 is 0. The molecule has 1 atom stereocenters. The molecule has 2 rings (SSSR count). The van der Waals surface area contributed by atoms with Crippen LogP contribution in [0.2, 0.25) is 0 Å². The number of rotatable bonds is 3. The first-order chi connectivity index (χ1) is 9.63. The molecular formula is C16H20F3N. The normalized spacial score (nSPS) is 20.7. The lowest BCUT2D eigenvalue weighted by atomic mass is 9.91. The second-order valence-electron chi connectivity index (χ2n) is 5.25. The smallest absolute Gasteiger partial charge is 0.194 e. The summed E-state index contributed by atoms with van der Waals surface area (Å²) in [4.78, 5) is 0. The monoisotopic (exact) mass is 283 g/mol. The van der Waals surface area contributed by atoms with Crippen LogP contribution in [0.5, 0.6) is 0 Å². The van der Waals surface area contributed by atoms with Gasteiger partial charge < -0.3 is 5.32 Å². The third-order valence-electron chi connectivity index (χ3n) is 3.83. The Kier molecular flexibility index (Phi) is 5.24. The summed E-state index contributed by atoms with van der Waals surface area (Å²) in [5.41, 5.74) is 1.58. The van der Waals surface area contributed by atoms with E-state index >= 15 is 0 Å². The van der Waals surface area contributed by atoms with Crippen LogP contribution in [0.1, 0.15) is 50.1 Å². The standard InChI is InChI=1S/C16H20F3N/c1-20-16(11-7-5-3-2-4-6-8-11)12-9-13(17)15(19)14(18)10-12/h7,9-10,16,20H,2-6,8H2,1H3/b11-7+. The molecule has 1 N–H and O–H groups in total. The zero-order chi connectivity index (χ0) is 14.5. The predicted octanol–water partition coefficient (Wildman–Crippen LogP) is 4.65. The van der Waals surface area contributed by atoms with Crippen LogP contribution in [0.4, 0.5) is 13.2 Å². The van der Waals surface area contributed by atoms with Crippen LogP contribution in [0, 0.1) is 17.5 Å². The van der Waals surface area contributed by atoms with Gasteiger partial charge in [0.2, 0.25) is 0 Å². The molecule has 0 amide bonds. The first-order valence-electron chi connectivity index (χ1n) is 7.14. The van der Waals surface area contributed by atoms with E-state index in [0.717, 1.165) is 43.4 Å². The van der Waals surface area contributed by atoms with Crippen molar-refractivity contribution in [2.24, 2.45) is 0 Å². The van der Waals surface area contributed by atoms with Gasteiger partial charge in [0.1, 0.15) is 0 Å². The summed E-state index contributed by atoms with van der Waals surface area (Å²) in [6.07, 6.45) is 8.68. The molecule has 0 fully saturated rings. The fraction of sp³-hybridized carbons (Fsp3) is 0.500.